The number of carbonyl (C=O) groups excluding carboxylic acids is 1. The van der Waals surface area contributed by atoms with Crippen LogP contribution in [0.5, 0.6) is 5.75 Å². The molecule has 0 aliphatic carbocycles. The number of esters is 1. The average Bonchev–Trinajstić information content (AvgIpc) is 3.35. The largest absolute Gasteiger partial charge is 0.487 e. The van der Waals surface area contributed by atoms with Crippen molar-refractivity contribution >= 4 is 11.7 Å². The van der Waals surface area contributed by atoms with Crippen LogP contribution in [0.3, 0.4) is 0 Å². The highest BCUT2D eigenvalue weighted by molar-refractivity contribution is 6.00. The molecule has 1 aromatic heterocycles. The molecule has 0 atom stereocenters. The molecule has 3 aromatic carbocycles. The molecule has 202 valence electrons. The molecule has 4 aromatic rings. The topological polar surface area (TPSA) is 83.2 Å². The molecule has 0 amide bonds. The smallest absolute Gasteiger partial charge is 0.305 e. The third-order valence-corrected chi connectivity index (χ3v) is 6.05. The SMILES string of the molecule is CCOC(=O)CCCCC(=NOCc1cccc(OCc2nc(-c3ccccc3)oc2C)c1)c1ccccc1. The minimum absolute atomic E-state index is 0.163. The second-order valence-corrected chi connectivity index (χ2v) is 9.01. The van der Waals surface area contributed by atoms with E-state index >= 15 is 0 Å². The molecule has 0 saturated carbocycles. The highest BCUT2D eigenvalue weighted by Gasteiger charge is 2.12. The van der Waals surface area contributed by atoms with Gasteiger partial charge in [0, 0.05) is 12.0 Å². The molecular weight excluding hydrogens is 492 g/mol. The van der Waals surface area contributed by atoms with E-state index in [-0.39, 0.29) is 5.97 Å². The van der Waals surface area contributed by atoms with Crippen LogP contribution >= 0.6 is 0 Å². The summed E-state index contributed by atoms with van der Waals surface area (Å²) >= 11 is 0. The van der Waals surface area contributed by atoms with Gasteiger partial charge in [-0.1, -0.05) is 65.8 Å². The van der Waals surface area contributed by atoms with Crippen LogP contribution in [0, 0.1) is 6.92 Å². The predicted molar refractivity (Wildman–Crippen MR) is 150 cm³/mol. The van der Waals surface area contributed by atoms with Crippen molar-refractivity contribution in [2.45, 2.75) is 52.7 Å². The van der Waals surface area contributed by atoms with Crippen LogP contribution in [0.2, 0.25) is 0 Å². The Morgan fingerprint density at radius 1 is 0.897 bits per heavy atom. The Morgan fingerprint density at radius 2 is 1.64 bits per heavy atom. The number of oxazole rings is 1. The van der Waals surface area contributed by atoms with Gasteiger partial charge in [-0.05, 0) is 68.5 Å². The van der Waals surface area contributed by atoms with E-state index in [0.29, 0.717) is 44.3 Å². The molecule has 0 spiro atoms. The predicted octanol–water partition coefficient (Wildman–Crippen LogP) is 7.27. The number of nitrogens with zero attached hydrogens (tertiary/aromatic N) is 2. The van der Waals surface area contributed by atoms with Crippen molar-refractivity contribution in [1.29, 1.82) is 0 Å². The first-order chi connectivity index (χ1) is 19.1. The minimum Gasteiger partial charge on any atom is -0.487 e. The molecule has 0 aliphatic rings. The number of oxime groups is 1. The molecule has 0 fully saturated rings. The molecule has 0 radical (unpaired) electrons. The Balaban J connectivity index is 1.33. The van der Waals surface area contributed by atoms with Gasteiger partial charge < -0.3 is 18.7 Å². The van der Waals surface area contributed by atoms with Gasteiger partial charge in [0.1, 0.15) is 30.4 Å². The molecule has 0 N–H and O–H groups in total. The summed E-state index contributed by atoms with van der Waals surface area (Å²) in [6.45, 7) is 4.72. The third-order valence-electron chi connectivity index (χ3n) is 6.05. The summed E-state index contributed by atoms with van der Waals surface area (Å²) in [5.41, 5.74) is 4.48. The maximum absolute atomic E-state index is 11.6. The summed E-state index contributed by atoms with van der Waals surface area (Å²) < 4.78 is 16.9. The van der Waals surface area contributed by atoms with Crippen molar-refractivity contribution in [1.82, 2.24) is 4.98 Å². The van der Waals surface area contributed by atoms with E-state index in [9.17, 15) is 4.79 Å². The molecule has 4 rings (SSSR count). The van der Waals surface area contributed by atoms with E-state index in [1.165, 1.54) is 0 Å². The van der Waals surface area contributed by atoms with Crippen LogP contribution in [-0.2, 0) is 27.6 Å². The molecule has 0 bridgehead atoms. The van der Waals surface area contributed by atoms with E-state index < -0.39 is 0 Å². The third kappa shape index (κ3) is 8.57. The summed E-state index contributed by atoms with van der Waals surface area (Å²) in [7, 11) is 0. The van der Waals surface area contributed by atoms with E-state index in [1.807, 2.05) is 98.8 Å². The van der Waals surface area contributed by atoms with Crippen LogP contribution in [-0.4, -0.2) is 23.3 Å². The van der Waals surface area contributed by atoms with Crippen molar-refractivity contribution in [2.75, 3.05) is 6.61 Å². The normalized spacial score (nSPS) is 11.3. The van der Waals surface area contributed by atoms with Gasteiger partial charge in [-0.3, -0.25) is 4.79 Å². The van der Waals surface area contributed by atoms with Crippen molar-refractivity contribution in [3.63, 3.8) is 0 Å². The van der Waals surface area contributed by atoms with Crippen LogP contribution in [0.25, 0.3) is 11.5 Å². The van der Waals surface area contributed by atoms with E-state index in [0.717, 1.165) is 46.7 Å². The Bertz CT molecular complexity index is 1350. The Morgan fingerprint density at radius 3 is 2.41 bits per heavy atom. The zero-order valence-corrected chi connectivity index (χ0v) is 22.5. The summed E-state index contributed by atoms with van der Waals surface area (Å²) in [6, 6.07) is 27.5. The first-order valence-electron chi connectivity index (χ1n) is 13.3. The first-order valence-corrected chi connectivity index (χ1v) is 13.3. The fourth-order valence-corrected chi connectivity index (χ4v) is 4.00. The number of unbranched alkanes of at least 4 members (excludes halogenated alkanes) is 1. The Kier molecular flexibility index (Phi) is 10.3. The number of hydrogen-bond donors (Lipinski definition) is 0. The molecule has 0 unspecified atom stereocenters. The van der Waals surface area contributed by atoms with Gasteiger partial charge >= 0.3 is 5.97 Å². The fraction of sp³-hybridized carbons (Fsp3) is 0.281. The zero-order valence-electron chi connectivity index (χ0n) is 22.5. The van der Waals surface area contributed by atoms with Crippen LogP contribution in [0.4, 0.5) is 0 Å². The molecular formula is C32H34N2O5. The number of aromatic nitrogens is 1. The van der Waals surface area contributed by atoms with Crippen molar-refractivity contribution < 1.29 is 23.5 Å². The number of ether oxygens (including phenoxy) is 2. The summed E-state index contributed by atoms with van der Waals surface area (Å²) in [5.74, 6) is 1.87. The van der Waals surface area contributed by atoms with Gasteiger partial charge in [0.25, 0.3) is 0 Å². The molecule has 7 heteroatoms. The van der Waals surface area contributed by atoms with Gasteiger partial charge in [0.2, 0.25) is 5.89 Å². The van der Waals surface area contributed by atoms with Crippen molar-refractivity contribution in [2.24, 2.45) is 5.16 Å². The summed E-state index contributed by atoms with van der Waals surface area (Å²) in [5, 5.41) is 4.45. The summed E-state index contributed by atoms with van der Waals surface area (Å²) in [6.07, 6.45) is 2.66. The van der Waals surface area contributed by atoms with E-state index in [1.54, 1.807) is 0 Å². The fourth-order valence-electron chi connectivity index (χ4n) is 4.00. The first kappa shape index (κ1) is 27.6. The maximum Gasteiger partial charge on any atom is 0.305 e. The molecule has 0 saturated heterocycles. The quantitative estimate of drug-likeness (QED) is 0.0743. The van der Waals surface area contributed by atoms with Gasteiger partial charge in [-0.15, -0.1) is 0 Å². The average molecular weight is 527 g/mol. The lowest BCUT2D eigenvalue weighted by Gasteiger charge is -2.09. The van der Waals surface area contributed by atoms with Gasteiger partial charge in [0.15, 0.2) is 0 Å². The Labute approximate surface area is 229 Å². The number of benzene rings is 3. The van der Waals surface area contributed by atoms with E-state index in [2.05, 4.69) is 10.1 Å². The maximum atomic E-state index is 11.6. The number of aryl methyl sites for hydroxylation is 1. The number of rotatable bonds is 14. The lowest BCUT2D eigenvalue weighted by atomic mass is 10.0. The van der Waals surface area contributed by atoms with Crippen molar-refractivity contribution in [3.8, 4) is 17.2 Å². The summed E-state index contributed by atoms with van der Waals surface area (Å²) in [4.78, 5) is 22.0. The second-order valence-electron chi connectivity index (χ2n) is 9.01. The standard InChI is InChI=1S/C32H34N2O5/c1-3-36-31(35)20-11-10-19-29(26-14-6-4-7-15-26)34-38-22-25-13-12-18-28(21-25)37-23-30-24(2)39-32(33-30)27-16-8-5-9-17-27/h4-9,12-18,21H,3,10-11,19-20,22-23H2,1-2H3. The second kappa shape index (κ2) is 14.5. The van der Waals surface area contributed by atoms with Gasteiger partial charge in [0.05, 0.1) is 12.3 Å². The Hall–Kier alpha value is -4.39. The zero-order chi connectivity index (χ0) is 27.3. The van der Waals surface area contributed by atoms with Gasteiger partial charge in [-0.2, -0.15) is 0 Å². The molecule has 39 heavy (non-hydrogen) atoms. The lowest BCUT2D eigenvalue weighted by molar-refractivity contribution is -0.143. The van der Waals surface area contributed by atoms with Gasteiger partial charge in [-0.25, -0.2) is 4.98 Å². The highest BCUT2D eigenvalue weighted by atomic mass is 16.6. The molecule has 7 nitrogen and oxygen atoms in total. The highest BCUT2D eigenvalue weighted by Crippen LogP contribution is 2.23. The minimum atomic E-state index is -0.163. The monoisotopic (exact) mass is 526 g/mol. The van der Waals surface area contributed by atoms with Crippen LogP contribution in [0.1, 0.15) is 55.2 Å². The van der Waals surface area contributed by atoms with Crippen molar-refractivity contribution in [3.05, 3.63) is 108 Å². The lowest BCUT2D eigenvalue weighted by Crippen LogP contribution is -2.06. The van der Waals surface area contributed by atoms with E-state index in [4.69, 9.17) is 18.7 Å². The molecule has 0 aliphatic heterocycles. The van der Waals surface area contributed by atoms with Crippen LogP contribution < -0.4 is 4.74 Å². The number of hydrogen-bond acceptors (Lipinski definition) is 7. The number of carbonyl (C=O) groups is 1. The van der Waals surface area contributed by atoms with Crippen LogP contribution in [0.15, 0.2) is 94.5 Å². The molecule has 1 heterocycles.